The topological polar surface area (TPSA) is 86.1 Å². The molecule has 0 saturated carbocycles. The zero-order valence-electron chi connectivity index (χ0n) is 15.3. The molecule has 2 amide bonds. The highest BCUT2D eigenvalue weighted by Gasteiger charge is 2.24. The third kappa shape index (κ3) is 4.70. The molecule has 6 nitrogen and oxygen atoms in total. The van der Waals surface area contributed by atoms with Gasteiger partial charge in [0.15, 0.2) is 0 Å². The van der Waals surface area contributed by atoms with Crippen LogP contribution in [0.4, 0.5) is 0 Å². The molecule has 2 aromatic rings. The van der Waals surface area contributed by atoms with Crippen LogP contribution in [0.25, 0.3) is 11.3 Å². The number of carbonyl (C=O) groups is 2. The van der Waals surface area contributed by atoms with Gasteiger partial charge in [0, 0.05) is 43.9 Å². The number of carbonyl (C=O) groups excluding carboxylic acids is 2. The van der Waals surface area contributed by atoms with Crippen LogP contribution >= 0.6 is 0 Å². The van der Waals surface area contributed by atoms with Crippen molar-refractivity contribution in [2.75, 3.05) is 13.1 Å². The first-order chi connectivity index (χ1) is 13.1. The number of benzene rings is 1. The van der Waals surface area contributed by atoms with Gasteiger partial charge in [-0.3, -0.25) is 14.6 Å². The van der Waals surface area contributed by atoms with Crippen molar-refractivity contribution in [2.24, 2.45) is 5.92 Å². The molecule has 1 unspecified atom stereocenters. The molecular weight excluding hydrogens is 340 g/mol. The summed E-state index contributed by atoms with van der Waals surface area (Å²) in [6, 6.07) is 13.5. The lowest BCUT2D eigenvalue weighted by atomic mass is 9.98. The third-order valence-electron chi connectivity index (χ3n) is 4.66. The molecule has 0 radical (unpaired) electrons. The average Bonchev–Trinajstić information content (AvgIpc) is 2.72. The van der Waals surface area contributed by atoms with Crippen LogP contribution in [0.2, 0.25) is 0 Å². The molecule has 1 aliphatic heterocycles. The number of nitrogens with zero attached hydrogens (tertiary/aromatic N) is 3. The average molecular weight is 362 g/mol. The van der Waals surface area contributed by atoms with Gasteiger partial charge in [-0.15, -0.1) is 0 Å². The maximum absolute atomic E-state index is 12.8. The summed E-state index contributed by atoms with van der Waals surface area (Å²) in [4.78, 5) is 30.0. The number of hydrogen-bond acceptors (Lipinski definition) is 4. The number of amides is 2. The summed E-state index contributed by atoms with van der Waals surface area (Å²) in [5, 5.41) is 11.9. The Morgan fingerprint density at radius 2 is 2.19 bits per heavy atom. The molecule has 0 spiro atoms. The van der Waals surface area contributed by atoms with Crippen LogP contribution in [0.3, 0.4) is 0 Å². The lowest BCUT2D eigenvalue weighted by molar-refractivity contribution is -0.119. The zero-order valence-corrected chi connectivity index (χ0v) is 15.3. The zero-order chi connectivity index (χ0) is 19.2. The van der Waals surface area contributed by atoms with Crippen molar-refractivity contribution in [1.29, 1.82) is 5.26 Å². The van der Waals surface area contributed by atoms with E-state index in [2.05, 4.69) is 16.4 Å². The van der Waals surface area contributed by atoms with Crippen molar-refractivity contribution in [3.8, 4) is 17.3 Å². The number of pyridine rings is 1. The number of hydrogen-bond donors (Lipinski definition) is 1. The Kier molecular flexibility index (Phi) is 5.82. The fraction of sp³-hybridized carbons (Fsp3) is 0.333. The van der Waals surface area contributed by atoms with Gasteiger partial charge >= 0.3 is 0 Å². The first-order valence-corrected chi connectivity index (χ1v) is 9.05. The predicted octanol–water partition coefficient (Wildman–Crippen LogP) is 2.76. The Labute approximate surface area is 158 Å². The normalized spacial score (nSPS) is 16.4. The fourth-order valence-electron chi connectivity index (χ4n) is 3.19. The molecule has 0 bridgehead atoms. The van der Waals surface area contributed by atoms with E-state index in [1.165, 1.54) is 6.92 Å². The largest absolute Gasteiger partial charge is 0.352 e. The van der Waals surface area contributed by atoms with Crippen LogP contribution in [0.15, 0.2) is 42.6 Å². The number of likely N-dealkylation sites (tertiary alicyclic amines) is 1. The highest BCUT2D eigenvalue weighted by atomic mass is 16.2. The molecule has 1 N–H and O–H groups in total. The van der Waals surface area contributed by atoms with Gasteiger partial charge < -0.3 is 10.2 Å². The monoisotopic (exact) mass is 362 g/mol. The summed E-state index contributed by atoms with van der Waals surface area (Å²) in [5.41, 5.74) is 3.15. The van der Waals surface area contributed by atoms with Gasteiger partial charge in [0.2, 0.25) is 5.91 Å². The lowest BCUT2D eigenvalue weighted by Gasteiger charge is -2.29. The summed E-state index contributed by atoms with van der Waals surface area (Å²) >= 11 is 0. The molecule has 1 saturated heterocycles. The van der Waals surface area contributed by atoms with E-state index in [9.17, 15) is 9.59 Å². The van der Waals surface area contributed by atoms with E-state index in [0.29, 0.717) is 25.2 Å². The number of nitrogens with one attached hydrogen (secondary N) is 1. The molecule has 1 atom stereocenters. The smallest absolute Gasteiger partial charge is 0.253 e. The Morgan fingerprint density at radius 3 is 2.89 bits per heavy atom. The number of piperidine rings is 1. The number of aromatic nitrogens is 1. The molecule has 6 heteroatoms. The fourth-order valence-corrected chi connectivity index (χ4v) is 3.19. The maximum Gasteiger partial charge on any atom is 0.253 e. The Hall–Kier alpha value is -3.20. The minimum Gasteiger partial charge on any atom is -0.352 e. The standard InChI is InChI=1S/C21H22N4O2/c1-15(26)23-12-17-7-8-20(24-13-17)18-5-2-6-19(10-18)21(27)25-9-3-4-16(11-22)14-25/h2,5-8,10,13,16H,3-4,9,12,14H2,1H3,(H,23,26). The summed E-state index contributed by atoms with van der Waals surface area (Å²) in [6.45, 7) is 3.11. The molecule has 1 aromatic heterocycles. The van der Waals surface area contributed by atoms with Gasteiger partial charge in [-0.2, -0.15) is 5.26 Å². The van der Waals surface area contributed by atoms with Gasteiger partial charge in [-0.05, 0) is 36.6 Å². The third-order valence-corrected chi connectivity index (χ3v) is 4.66. The van der Waals surface area contributed by atoms with Crippen LogP contribution in [0.5, 0.6) is 0 Å². The van der Waals surface area contributed by atoms with Crippen molar-refractivity contribution in [1.82, 2.24) is 15.2 Å². The van der Waals surface area contributed by atoms with Crippen LogP contribution in [-0.2, 0) is 11.3 Å². The predicted molar refractivity (Wildman–Crippen MR) is 101 cm³/mol. The van der Waals surface area contributed by atoms with Crippen LogP contribution in [0, 0.1) is 17.2 Å². The summed E-state index contributed by atoms with van der Waals surface area (Å²) in [7, 11) is 0. The second-order valence-corrected chi connectivity index (χ2v) is 6.76. The number of nitriles is 1. The molecule has 138 valence electrons. The van der Waals surface area contributed by atoms with Crippen molar-refractivity contribution in [3.05, 3.63) is 53.7 Å². The first-order valence-electron chi connectivity index (χ1n) is 9.05. The van der Waals surface area contributed by atoms with E-state index in [0.717, 1.165) is 29.7 Å². The number of rotatable bonds is 4. The Balaban J connectivity index is 1.74. The van der Waals surface area contributed by atoms with E-state index >= 15 is 0 Å². The van der Waals surface area contributed by atoms with Gasteiger partial charge in [0.25, 0.3) is 5.91 Å². The van der Waals surface area contributed by atoms with Gasteiger partial charge in [-0.25, -0.2) is 0 Å². The quantitative estimate of drug-likeness (QED) is 0.906. The highest BCUT2D eigenvalue weighted by Crippen LogP contribution is 2.22. The van der Waals surface area contributed by atoms with E-state index < -0.39 is 0 Å². The van der Waals surface area contributed by atoms with Crippen LogP contribution < -0.4 is 5.32 Å². The summed E-state index contributed by atoms with van der Waals surface area (Å²) in [5.74, 6) is -0.204. The van der Waals surface area contributed by atoms with Gasteiger partial charge in [0.1, 0.15) is 0 Å². The SMILES string of the molecule is CC(=O)NCc1ccc(-c2cccc(C(=O)N3CCCC(C#N)C3)c2)nc1. The maximum atomic E-state index is 12.8. The molecule has 1 fully saturated rings. The highest BCUT2D eigenvalue weighted by molar-refractivity contribution is 5.95. The van der Waals surface area contributed by atoms with Crippen molar-refractivity contribution in [2.45, 2.75) is 26.3 Å². The lowest BCUT2D eigenvalue weighted by Crippen LogP contribution is -2.39. The van der Waals surface area contributed by atoms with Gasteiger partial charge in [0.05, 0.1) is 17.7 Å². The molecule has 1 aliphatic rings. The first kappa shape index (κ1) is 18.6. The van der Waals surface area contributed by atoms with E-state index in [4.69, 9.17) is 5.26 Å². The minimum atomic E-state index is -0.0818. The van der Waals surface area contributed by atoms with Crippen molar-refractivity contribution >= 4 is 11.8 Å². The molecule has 1 aromatic carbocycles. The Morgan fingerprint density at radius 1 is 1.33 bits per heavy atom. The molecule has 2 heterocycles. The van der Waals surface area contributed by atoms with Gasteiger partial charge in [-0.1, -0.05) is 18.2 Å². The second kappa shape index (κ2) is 8.45. The summed E-state index contributed by atoms with van der Waals surface area (Å²) < 4.78 is 0. The van der Waals surface area contributed by atoms with Crippen LogP contribution in [-0.4, -0.2) is 34.8 Å². The molecular formula is C21H22N4O2. The second-order valence-electron chi connectivity index (χ2n) is 6.76. The van der Waals surface area contributed by atoms with Crippen LogP contribution in [0.1, 0.15) is 35.7 Å². The minimum absolute atomic E-state index is 0.0425. The molecule has 3 rings (SSSR count). The molecule has 0 aliphatic carbocycles. The van der Waals surface area contributed by atoms with E-state index in [-0.39, 0.29) is 17.7 Å². The molecule has 27 heavy (non-hydrogen) atoms. The summed E-state index contributed by atoms with van der Waals surface area (Å²) in [6.07, 6.45) is 3.44. The van der Waals surface area contributed by atoms with Crippen molar-refractivity contribution in [3.63, 3.8) is 0 Å². The van der Waals surface area contributed by atoms with E-state index in [1.54, 1.807) is 17.2 Å². The Bertz CT molecular complexity index is 870. The van der Waals surface area contributed by atoms with E-state index in [1.807, 2.05) is 30.3 Å². The van der Waals surface area contributed by atoms with Crippen molar-refractivity contribution < 1.29 is 9.59 Å².